The molecule has 0 aromatic carbocycles. The number of aromatic nitrogens is 5. The van der Waals surface area contributed by atoms with Gasteiger partial charge in [0, 0.05) is 56.7 Å². The molecule has 1 aliphatic rings. The highest BCUT2D eigenvalue weighted by Gasteiger charge is 2.22. The maximum Gasteiger partial charge on any atom is 0.252 e. The Hall–Kier alpha value is -2.87. The summed E-state index contributed by atoms with van der Waals surface area (Å²) >= 11 is 0. The van der Waals surface area contributed by atoms with Crippen molar-refractivity contribution in [3.05, 3.63) is 53.4 Å². The predicted octanol–water partition coefficient (Wildman–Crippen LogP) is 1.41. The summed E-state index contributed by atoms with van der Waals surface area (Å²) in [6.07, 6.45) is 4.50. The monoisotopic (exact) mass is 379 g/mol. The van der Waals surface area contributed by atoms with Crippen molar-refractivity contribution in [2.75, 3.05) is 26.2 Å². The Kier molecular flexibility index (Phi) is 5.29. The fourth-order valence-corrected chi connectivity index (χ4v) is 3.78. The summed E-state index contributed by atoms with van der Waals surface area (Å²) in [5.74, 6) is 0.809. The molecular formula is C20H25N7O. The molecule has 0 bridgehead atoms. The van der Waals surface area contributed by atoms with E-state index in [9.17, 15) is 4.79 Å². The highest BCUT2D eigenvalue weighted by Crippen LogP contribution is 2.16. The second kappa shape index (κ2) is 8.02. The lowest BCUT2D eigenvalue weighted by atomic mass is 10.1. The fraction of sp³-hybridized carbons (Fsp3) is 0.450. The lowest BCUT2D eigenvalue weighted by Crippen LogP contribution is -2.48. The van der Waals surface area contributed by atoms with E-state index in [4.69, 9.17) is 0 Å². The van der Waals surface area contributed by atoms with Gasteiger partial charge in [0.15, 0.2) is 0 Å². The number of rotatable bonds is 5. The van der Waals surface area contributed by atoms with Gasteiger partial charge in [-0.05, 0) is 38.0 Å². The molecule has 0 atom stereocenters. The zero-order chi connectivity index (χ0) is 19.5. The molecule has 4 heterocycles. The molecule has 0 saturated carbocycles. The van der Waals surface area contributed by atoms with Crippen LogP contribution in [0.4, 0.5) is 0 Å². The van der Waals surface area contributed by atoms with Crippen molar-refractivity contribution in [1.82, 2.24) is 34.4 Å². The Balaban J connectivity index is 1.32. The number of amides is 1. The number of fused-ring (bicyclic) bond motifs is 1. The molecule has 0 radical (unpaired) electrons. The van der Waals surface area contributed by atoms with Gasteiger partial charge in [-0.3, -0.25) is 14.7 Å². The standard InChI is InChI=1S/C20H25N7O/c1-15-18(16(2)27-20(24-15)22-14-23-27)6-7-19(28)26-11-9-25(10-12-26)13-17-5-3-4-8-21-17/h3-5,8,14H,6-7,9-13H2,1-2H3. The summed E-state index contributed by atoms with van der Waals surface area (Å²) in [5, 5.41) is 4.22. The minimum atomic E-state index is 0.204. The zero-order valence-electron chi connectivity index (χ0n) is 16.4. The van der Waals surface area contributed by atoms with E-state index in [0.717, 1.165) is 55.4 Å². The smallest absolute Gasteiger partial charge is 0.252 e. The number of hydrogen-bond acceptors (Lipinski definition) is 6. The van der Waals surface area contributed by atoms with Crippen LogP contribution in [0.5, 0.6) is 0 Å². The van der Waals surface area contributed by atoms with Gasteiger partial charge in [-0.2, -0.15) is 10.1 Å². The van der Waals surface area contributed by atoms with Crippen molar-refractivity contribution in [3.63, 3.8) is 0 Å². The van der Waals surface area contributed by atoms with Gasteiger partial charge in [-0.25, -0.2) is 9.50 Å². The van der Waals surface area contributed by atoms with Crippen LogP contribution in [-0.4, -0.2) is 66.5 Å². The van der Waals surface area contributed by atoms with E-state index >= 15 is 0 Å². The number of carbonyl (C=O) groups excluding carboxylic acids is 1. The predicted molar refractivity (Wildman–Crippen MR) is 105 cm³/mol. The molecule has 1 saturated heterocycles. The van der Waals surface area contributed by atoms with Crippen LogP contribution in [0.3, 0.4) is 0 Å². The van der Waals surface area contributed by atoms with Crippen molar-refractivity contribution in [2.45, 2.75) is 33.2 Å². The first-order chi connectivity index (χ1) is 13.6. The average molecular weight is 379 g/mol. The first-order valence-corrected chi connectivity index (χ1v) is 9.67. The van der Waals surface area contributed by atoms with Crippen molar-refractivity contribution in [3.8, 4) is 0 Å². The van der Waals surface area contributed by atoms with Gasteiger partial charge >= 0.3 is 0 Å². The average Bonchev–Trinajstić information content (AvgIpc) is 3.17. The molecule has 3 aromatic heterocycles. The Labute approximate surface area is 164 Å². The van der Waals surface area contributed by atoms with Crippen molar-refractivity contribution in [1.29, 1.82) is 0 Å². The molecule has 1 fully saturated rings. The Bertz CT molecular complexity index is 961. The molecular weight excluding hydrogens is 354 g/mol. The van der Waals surface area contributed by atoms with Crippen LogP contribution >= 0.6 is 0 Å². The van der Waals surface area contributed by atoms with Gasteiger partial charge in [0.2, 0.25) is 5.91 Å². The molecule has 0 spiro atoms. The summed E-state index contributed by atoms with van der Waals surface area (Å²) in [6, 6.07) is 5.99. The number of aryl methyl sites for hydroxylation is 2. The molecule has 8 nitrogen and oxygen atoms in total. The molecule has 0 N–H and O–H groups in total. The van der Waals surface area contributed by atoms with Crippen LogP contribution in [0.2, 0.25) is 0 Å². The molecule has 146 valence electrons. The third kappa shape index (κ3) is 3.87. The number of carbonyl (C=O) groups is 1. The molecule has 4 rings (SSSR count). The van der Waals surface area contributed by atoms with Gasteiger partial charge in [0.05, 0.1) is 5.69 Å². The van der Waals surface area contributed by atoms with Gasteiger partial charge in [-0.15, -0.1) is 0 Å². The highest BCUT2D eigenvalue weighted by molar-refractivity contribution is 5.76. The van der Waals surface area contributed by atoms with Crippen LogP contribution in [0.25, 0.3) is 5.78 Å². The minimum Gasteiger partial charge on any atom is -0.340 e. The third-order valence-electron chi connectivity index (χ3n) is 5.41. The van der Waals surface area contributed by atoms with Crippen LogP contribution in [0.1, 0.15) is 29.1 Å². The lowest BCUT2D eigenvalue weighted by Gasteiger charge is -2.34. The first-order valence-electron chi connectivity index (χ1n) is 9.67. The molecule has 8 heteroatoms. The number of nitrogens with zero attached hydrogens (tertiary/aromatic N) is 7. The quantitative estimate of drug-likeness (QED) is 0.667. The highest BCUT2D eigenvalue weighted by atomic mass is 16.2. The van der Waals surface area contributed by atoms with E-state index < -0.39 is 0 Å². The maximum atomic E-state index is 12.7. The van der Waals surface area contributed by atoms with Gasteiger partial charge in [0.25, 0.3) is 5.78 Å². The largest absolute Gasteiger partial charge is 0.340 e. The van der Waals surface area contributed by atoms with E-state index in [1.165, 1.54) is 6.33 Å². The zero-order valence-corrected chi connectivity index (χ0v) is 16.4. The second-order valence-corrected chi connectivity index (χ2v) is 7.21. The number of hydrogen-bond donors (Lipinski definition) is 0. The summed E-state index contributed by atoms with van der Waals surface area (Å²) < 4.78 is 1.74. The SMILES string of the molecule is Cc1nc2ncnn2c(C)c1CCC(=O)N1CCN(Cc2ccccn2)CC1. The molecule has 1 amide bonds. The van der Waals surface area contributed by atoms with E-state index in [1.807, 2.05) is 43.1 Å². The van der Waals surface area contributed by atoms with Crippen LogP contribution in [-0.2, 0) is 17.8 Å². The summed E-state index contributed by atoms with van der Waals surface area (Å²) in [7, 11) is 0. The maximum absolute atomic E-state index is 12.7. The first kappa shape index (κ1) is 18.5. The van der Waals surface area contributed by atoms with Crippen molar-refractivity contribution < 1.29 is 4.79 Å². The third-order valence-corrected chi connectivity index (χ3v) is 5.41. The Morgan fingerprint density at radius 1 is 1.11 bits per heavy atom. The van der Waals surface area contributed by atoms with E-state index in [-0.39, 0.29) is 5.91 Å². The van der Waals surface area contributed by atoms with E-state index in [1.54, 1.807) is 4.52 Å². The van der Waals surface area contributed by atoms with E-state index in [0.29, 0.717) is 18.6 Å². The Morgan fingerprint density at radius 3 is 2.68 bits per heavy atom. The summed E-state index contributed by atoms with van der Waals surface area (Å²) in [4.78, 5) is 30.1. The van der Waals surface area contributed by atoms with Gasteiger partial charge < -0.3 is 4.90 Å². The topological polar surface area (TPSA) is 79.5 Å². The molecule has 28 heavy (non-hydrogen) atoms. The number of piperazine rings is 1. The van der Waals surface area contributed by atoms with Crippen LogP contribution < -0.4 is 0 Å². The fourth-order valence-electron chi connectivity index (χ4n) is 3.78. The van der Waals surface area contributed by atoms with Gasteiger partial charge in [0.1, 0.15) is 6.33 Å². The van der Waals surface area contributed by atoms with Crippen LogP contribution in [0.15, 0.2) is 30.7 Å². The molecule has 0 aliphatic carbocycles. The van der Waals surface area contributed by atoms with Gasteiger partial charge in [-0.1, -0.05) is 6.07 Å². The second-order valence-electron chi connectivity index (χ2n) is 7.21. The molecule has 0 unspecified atom stereocenters. The number of pyridine rings is 1. The Morgan fingerprint density at radius 2 is 1.93 bits per heavy atom. The van der Waals surface area contributed by atoms with E-state index in [2.05, 4.69) is 25.0 Å². The molecule has 3 aromatic rings. The van der Waals surface area contributed by atoms with Crippen molar-refractivity contribution in [2.24, 2.45) is 0 Å². The minimum absolute atomic E-state index is 0.204. The lowest BCUT2D eigenvalue weighted by molar-refractivity contribution is -0.133. The van der Waals surface area contributed by atoms with Crippen molar-refractivity contribution >= 4 is 11.7 Å². The molecule has 1 aliphatic heterocycles. The summed E-state index contributed by atoms with van der Waals surface area (Å²) in [6.45, 7) is 8.11. The van der Waals surface area contributed by atoms with Crippen LogP contribution in [0, 0.1) is 13.8 Å². The normalized spacial score (nSPS) is 15.3. The summed E-state index contributed by atoms with van der Waals surface area (Å²) in [5.41, 5.74) is 4.09.